The van der Waals surface area contributed by atoms with E-state index in [0.29, 0.717) is 51.3 Å². The number of carboxylic acids is 1. The summed E-state index contributed by atoms with van der Waals surface area (Å²) in [5, 5.41) is 23.0. The van der Waals surface area contributed by atoms with Crippen LogP contribution in [-0.4, -0.2) is 49.6 Å². The molecule has 5 heterocycles. The van der Waals surface area contributed by atoms with E-state index in [4.69, 9.17) is 42.0 Å². The number of aromatic nitrogens is 4. The number of halogens is 2. The highest BCUT2D eigenvalue weighted by atomic mass is 35.5. The number of carboxylic acid groups (broad SMARTS) is 1. The van der Waals surface area contributed by atoms with Crippen molar-refractivity contribution in [3.63, 3.8) is 0 Å². The molecule has 1 aromatic carbocycles. The molecule has 1 N–H and O–H groups in total. The molecule has 206 valence electrons. The van der Waals surface area contributed by atoms with Crippen LogP contribution in [0.2, 0.25) is 10.0 Å². The molecule has 40 heavy (non-hydrogen) atoms. The molecule has 2 bridgehead atoms. The molecular formula is C28H25Cl2N5O5. The summed E-state index contributed by atoms with van der Waals surface area (Å²) in [6.45, 7) is 0.375. The van der Waals surface area contributed by atoms with Crippen LogP contribution >= 0.6 is 23.2 Å². The highest BCUT2D eigenvalue weighted by Crippen LogP contribution is 2.47. The highest BCUT2D eigenvalue weighted by Gasteiger charge is 2.44. The molecule has 3 aliphatic rings. The number of ether oxygens (including phenoxy) is 1. The van der Waals surface area contributed by atoms with Crippen LogP contribution in [0, 0.1) is 0 Å². The molecule has 3 atom stereocenters. The summed E-state index contributed by atoms with van der Waals surface area (Å²) < 4.78 is 18.3. The van der Waals surface area contributed by atoms with E-state index >= 15 is 0 Å². The van der Waals surface area contributed by atoms with E-state index in [2.05, 4.69) is 25.2 Å². The van der Waals surface area contributed by atoms with Crippen molar-refractivity contribution in [3.8, 4) is 22.7 Å². The topological polar surface area (TPSA) is 128 Å². The molecule has 0 radical (unpaired) electrons. The zero-order chi connectivity index (χ0) is 27.4. The number of carbonyl (C=O) groups is 1. The largest absolute Gasteiger partial charge is 0.477 e. The minimum atomic E-state index is -1.09. The molecule has 12 heteroatoms. The number of nitrogens with zero attached hydrogens (tertiary/aromatic N) is 5. The zero-order valence-corrected chi connectivity index (χ0v) is 22.8. The van der Waals surface area contributed by atoms with E-state index < -0.39 is 5.97 Å². The lowest BCUT2D eigenvalue weighted by Crippen LogP contribution is -2.45. The Kier molecular flexibility index (Phi) is 6.48. The standard InChI is InChI=1S/C28H25Cl2N5O5/c29-20-2-1-3-21(30)23(20)24-19(25(40-34-24)14-4-5-14)13-38-18-10-16-7-8-17(11-18)35(16)28-33-32-26(39-28)15-6-9-22(27(36)37)31-12-15/h1-3,6,9,12,14,16-18H,4-5,7-8,10-11,13H2,(H,36,37)/t16-,17+,18?. The lowest BCUT2D eigenvalue weighted by Gasteiger charge is -2.37. The summed E-state index contributed by atoms with van der Waals surface area (Å²) in [6.07, 6.45) is 7.32. The van der Waals surface area contributed by atoms with Crippen molar-refractivity contribution in [3.05, 3.63) is 63.6 Å². The Labute approximate surface area is 239 Å². The molecule has 0 amide bonds. The molecule has 4 aromatic rings. The second-order valence-electron chi connectivity index (χ2n) is 10.6. The molecule has 1 saturated carbocycles. The second kappa shape index (κ2) is 10.2. The monoisotopic (exact) mass is 581 g/mol. The fourth-order valence-corrected chi connectivity index (χ4v) is 6.48. The van der Waals surface area contributed by atoms with Gasteiger partial charge in [-0.05, 0) is 62.8 Å². The average Bonchev–Trinajstić information content (AvgIpc) is 3.42. The average molecular weight is 582 g/mol. The number of hydrogen-bond donors (Lipinski definition) is 1. The Balaban J connectivity index is 1.06. The van der Waals surface area contributed by atoms with Crippen LogP contribution in [0.3, 0.4) is 0 Å². The molecule has 2 aliphatic heterocycles. The molecule has 7 rings (SSSR count). The highest BCUT2D eigenvalue weighted by molar-refractivity contribution is 6.39. The van der Waals surface area contributed by atoms with Gasteiger partial charge >= 0.3 is 12.0 Å². The third kappa shape index (κ3) is 4.63. The molecule has 10 nitrogen and oxygen atoms in total. The predicted octanol–water partition coefficient (Wildman–Crippen LogP) is 6.39. The Morgan fingerprint density at radius 2 is 1.80 bits per heavy atom. The molecule has 3 fully saturated rings. The van der Waals surface area contributed by atoms with Crippen molar-refractivity contribution >= 4 is 35.2 Å². The fraction of sp³-hybridized carbons (Fsp3) is 0.393. The number of fused-ring (bicyclic) bond motifs is 2. The van der Waals surface area contributed by atoms with Gasteiger partial charge in [-0.2, -0.15) is 0 Å². The molecule has 0 spiro atoms. The van der Waals surface area contributed by atoms with Crippen molar-refractivity contribution in [1.29, 1.82) is 0 Å². The summed E-state index contributed by atoms with van der Waals surface area (Å²) in [6, 6.07) is 9.35. The van der Waals surface area contributed by atoms with Gasteiger partial charge in [0.15, 0.2) is 0 Å². The van der Waals surface area contributed by atoms with Crippen LogP contribution in [0.1, 0.15) is 66.3 Å². The number of benzene rings is 1. The van der Waals surface area contributed by atoms with E-state index in [-0.39, 0.29) is 23.9 Å². The zero-order valence-electron chi connectivity index (χ0n) is 21.3. The summed E-state index contributed by atoms with van der Waals surface area (Å²) in [4.78, 5) is 17.2. The number of piperidine rings is 1. The van der Waals surface area contributed by atoms with Gasteiger partial charge in [-0.3, -0.25) is 0 Å². The molecule has 1 aliphatic carbocycles. The maximum atomic E-state index is 11.1. The molecule has 2 saturated heterocycles. The summed E-state index contributed by atoms with van der Waals surface area (Å²) in [5.41, 5.74) is 2.79. The van der Waals surface area contributed by atoms with Gasteiger partial charge in [-0.15, -0.1) is 5.10 Å². The van der Waals surface area contributed by atoms with Gasteiger partial charge < -0.3 is 23.7 Å². The number of pyridine rings is 1. The minimum absolute atomic E-state index is 0.0406. The quantitative estimate of drug-likeness (QED) is 0.250. The number of rotatable bonds is 8. The molecular weight excluding hydrogens is 557 g/mol. The predicted molar refractivity (Wildman–Crippen MR) is 146 cm³/mol. The number of aromatic carboxylic acids is 1. The first-order valence-electron chi connectivity index (χ1n) is 13.3. The molecule has 1 unspecified atom stereocenters. The van der Waals surface area contributed by atoms with Gasteiger partial charge in [-0.1, -0.05) is 39.5 Å². The van der Waals surface area contributed by atoms with Crippen molar-refractivity contribution < 1.29 is 23.6 Å². The third-order valence-corrected chi connectivity index (χ3v) is 8.61. The number of hydrogen-bond acceptors (Lipinski definition) is 9. The van der Waals surface area contributed by atoms with Gasteiger partial charge in [0.25, 0.3) is 5.89 Å². The first-order valence-corrected chi connectivity index (χ1v) is 14.1. The van der Waals surface area contributed by atoms with E-state index in [1.54, 1.807) is 18.2 Å². The van der Waals surface area contributed by atoms with Crippen LogP contribution in [-0.2, 0) is 11.3 Å². The molecule has 3 aromatic heterocycles. The summed E-state index contributed by atoms with van der Waals surface area (Å²) in [5.74, 6) is 0.455. The van der Waals surface area contributed by atoms with E-state index in [0.717, 1.165) is 49.8 Å². The van der Waals surface area contributed by atoms with Gasteiger partial charge in [0, 0.05) is 35.3 Å². The van der Waals surface area contributed by atoms with Crippen molar-refractivity contribution in [1.82, 2.24) is 20.3 Å². The Morgan fingerprint density at radius 1 is 1.05 bits per heavy atom. The van der Waals surface area contributed by atoms with Crippen molar-refractivity contribution in [2.24, 2.45) is 0 Å². The fourth-order valence-electron chi connectivity index (χ4n) is 5.91. The Hall–Kier alpha value is -3.47. The Bertz CT molecular complexity index is 1530. The lowest BCUT2D eigenvalue weighted by molar-refractivity contribution is 0.0139. The van der Waals surface area contributed by atoms with E-state index in [1.165, 1.54) is 12.3 Å². The van der Waals surface area contributed by atoms with Crippen LogP contribution in [0.25, 0.3) is 22.7 Å². The van der Waals surface area contributed by atoms with Gasteiger partial charge in [0.1, 0.15) is 17.1 Å². The Morgan fingerprint density at radius 3 is 2.45 bits per heavy atom. The normalized spacial score (nSPS) is 22.1. The number of anilines is 1. The van der Waals surface area contributed by atoms with Crippen molar-refractivity contribution in [2.75, 3.05) is 4.90 Å². The maximum Gasteiger partial charge on any atom is 0.354 e. The van der Waals surface area contributed by atoms with Gasteiger partial charge in [-0.25, -0.2) is 9.78 Å². The van der Waals surface area contributed by atoms with Crippen LogP contribution in [0.4, 0.5) is 6.01 Å². The van der Waals surface area contributed by atoms with Crippen LogP contribution in [0.15, 0.2) is 45.5 Å². The van der Waals surface area contributed by atoms with E-state index in [9.17, 15) is 4.79 Å². The van der Waals surface area contributed by atoms with Crippen LogP contribution < -0.4 is 4.90 Å². The lowest BCUT2D eigenvalue weighted by atomic mass is 10.00. The smallest absolute Gasteiger partial charge is 0.354 e. The minimum Gasteiger partial charge on any atom is -0.477 e. The first kappa shape index (κ1) is 25.5. The van der Waals surface area contributed by atoms with Gasteiger partial charge in [0.05, 0.1) is 28.3 Å². The van der Waals surface area contributed by atoms with Crippen LogP contribution in [0.5, 0.6) is 0 Å². The second-order valence-corrected chi connectivity index (χ2v) is 11.4. The third-order valence-electron chi connectivity index (χ3n) is 7.98. The summed E-state index contributed by atoms with van der Waals surface area (Å²) in [7, 11) is 0. The van der Waals surface area contributed by atoms with Gasteiger partial charge in [0.2, 0.25) is 0 Å². The first-order chi connectivity index (χ1) is 19.5. The van der Waals surface area contributed by atoms with Crippen molar-refractivity contribution in [2.45, 2.75) is 69.2 Å². The SMILES string of the molecule is O=C(O)c1ccc(-c2nnc(N3[C@@H]4CC[C@H]3CC(OCc3c(-c5c(Cl)cccc5Cl)noc3C3CC3)C4)o2)cn1. The summed E-state index contributed by atoms with van der Waals surface area (Å²) >= 11 is 13.0. The maximum absolute atomic E-state index is 11.1. The van der Waals surface area contributed by atoms with E-state index in [1.807, 2.05) is 6.07 Å².